The lowest BCUT2D eigenvalue weighted by Crippen LogP contribution is -2.11. The average molecular weight is 261 g/mol. The van der Waals surface area contributed by atoms with Crippen LogP contribution in [0.3, 0.4) is 0 Å². The molecule has 1 aromatic heterocycles. The van der Waals surface area contributed by atoms with Crippen LogP contribution in [0.25, 0.3) is 0 Å². The molecular weight excluding hydrogens is 242 g/mol. The Morgan fingerprint density at radius 2 is 2.06 bits per heavy atom. The summed E-state index contributed by atoms with van der Waals surface area (Å²) < 4.78 is 2.06. The first-order valence-corrected chi connectivity index (χ1v) is 7.04. The summed E-state index contributed by atoms with van der Waals surface area (Å²) in [5.74, 6) is 0.956. The third-order valence-corrected chi connectivity index (χ3v) is 4.16. The van der Waals surface area contributed by atoms with Crippen molar-refractivity contribution in [3.05, 3.63) is 48.0 Å². The maximum absolute atomic E-state index is 4.12. The predicted molar refractivity (Wildman–Crippen MR) is 76.7 cm³/mol. The molecule has 4 heteroatoms. The Kier molecular flexibility index (Phi) is 4.44. The summed E-state index contributed by atoms with van der Waals surface area (Å²) in [4.78, 5) is 5.42. The maximum Gasteiger partial charge on any atom is 0.0945 e. The first-order valence-electron chi connectivity index (χ1n) is 6.06. The molecule has 18 heavy (non-hydrogen) atoms. The van der Waals surface area contributed by atoms with E-state index < -0.39 is 0 Å². The van der Waals surface area contributed by atoms with Crippen LogP contribution in [-0.2, 0) is 12.8 Å². The number of rotatable bonds is 5. The van der Waals surface area contributed by atoms with Gasteiger partial charge in [-0.15, -0.1) is 11.8 Å². The minimum atomic E-state index is 0.404. The zero-order valence-electron chi connectivity index (χ0n) is 11.1. The van der Waals surface area contributed by atoms with Crippen molar-refractivity contribution in [1.82, 2.24) is 14.9 Å². The Morgan fingerprint density at radius 1 is 1.33 bits per heavy atom. The summed E-state index contributed by atoms with van der Waals surface area (Å²) in [7, 11) is 4.01. The SMILES string of the molecule is CNC(C)c1ccc(SCc2cncn2C)cc1. The third-order valence-electron chi connectivity index (χ3n) is 3.12. The fourth-order valence-electron chi connectivity index (χ4n) is 1.70. The largest absolute Gasteiger partial charge is 0.337 e. The number of thioether (sulfide) groups is 1. The summed E-state index contributed by atoms with van der Waals surface area (Å²) in [5.41, 5.74) is 2.56. The summed E-state index contributed by atoms with van der Waals surface area (Å²) in [6.07, 6.45) is 3.76. The highest BCUT2D eigenvalue weighted by Crippen LogP contribution is 2.24. The molecule has 0 saturated heterocycles. The molecule has 3 nitrogen and oxygen atoms in total. The molecule has 1 atom stereocenters. The van der Waals surface area contributed by atoms with Gasteiger partial charge >= 0.3 is 0 Å². The minimum Gasteiger partial charge on any atom is -0.337 e. The van der Waals surface area contributed by atoms with Crippen molar-refractivity contribution in [2.75, 3.05) is 7.05 Å². The fourth-order valence-corrected chi connectivity index (χ4v) is 2.62. The summed E-state index contributed by atoms with van der Waals surface area (Å²) in [6.45, 7) is 2.16. The van der Waals surface area contributed by atoms with Crippen LogP contribution in [0.15, 0.2) is 41.7 Å². The van der Waals surface area contributed by atoms with Crippen LogP contribution >= 0.6 is 11.8 Å². The van der Waals surface area contributed by atoms with Crippen LogP contribution in [0, 0.1) is 0 Å². The van der Waals surface area contributed by atoms with Gasteiger partial charge in [-0.1, -0.05) is 12.1 Å². The highest BCUT2D eigenvalue weighted by Gasteiger charge is 2.03. The molecule has 96 valence electrons. The van der Waals surface area contributed by atoms with Crippen LogP contribution in [-0.4, -0.2) is 16.6 Å². The molecule has 1 heterocycles. The lowest BCUT2D eigenvalue weighted by molar-refractivity contribution is 0.652. The second-order valence-corrected chi connectivity index (χ2v) is 5.41. The second kappa shape index (κ2) is 6.07. The summed E-state index contributed by atoms with van der Waals surface area (Å²) in [6, 6.07) is 9.15. The molecule has 0 aliphatic heterocycles. The normalized spacial score (nSPS) is 12.6. The van der Waals surface area contributed by atoms with E-state index in [1.165, 1.54) is 16.2 Å². The number of hydrogen-bond donors (Lipinski definition) is 1. The highest BCUT2D eigenvalue weighted by atomic mass is 32.2. The first-order chi connectivity index (χ1) is 8.70. The minimum absolute atomic E-state index is 0.404. The molecule has 0 spiro atoms. The van der Waals surface area contributed by atoms with Crippen molar-refractivity contribution >= 4 is 11.8 Å². The lowest BCUT2D eigenvalue weighted by Gasteiger charge is -2.11. The van der Waals surface area contributed by atoms with E-state index in [9.17, 15) is 0 Å². The van der Waals surface area contributed by atoms with Gasteiger partial charge in [0.2, 0.25) is 0 Å². The van der Waals surface area contributed by atoms with Crippen LogP contribution in [0.1, 0.15) is 24.2 Å². The topological polar surface area (TPSA) is 29.9 Å². The Hall–Kier alpha value is -1.26. The van der Waals surface area contributed by atoms with Gasteiger partial charge in [-0.2, -0.15) is 0 Å². The van der Waals surface area contributed by atoms with Gasteiger partial charge in [0.15, 0.2) is 0 Å². The van der Waals surface area contributed by atoms with E-state index in [-0.39, 0.29) is 0 Å². The molecule has 0 aliphatic carbocycles. The van der Waals surface area contributed by atoms with E-state index >= 15 is 0 Å². The van der Waals surface area contributed by atoms with Crippen LogP contribution < -0.4 is 5.32 Å². The Morgan fingerprint density at radius 3 is 2.61 bits per heavy atom. The molecule has 0 bridgehead atoms. The van der Waals surface area contributed by atoms with Crippen molar-refractivity contribution in [3.8, 4) is 0 Å². The van der Waals surface area contributed by atoms with E-state index in [0.29, 0.717) is 6.04 Å². The number of benzene rings is 1. The highest BCUT2D eigenvalue weighted by molar-refractivity contribution is 7.98. The van der Waals surface area contributed by atoms with Crippen molar-refractivity contribution in [1.29, 1.82) is 0 Å². The third kappa shape index (κ3) is 3.15. The quantitative estimate of drug-likeness (QED) is 0.839. The summed E-state index contributed by atoms with van der Waals surface area (Å²) in [5, 5.41) is 3.24. The predicted octanol–water partition coefficient (Wildman–Crippen LogP) is 2.99. The molecule has 0 fully saturated rings. The average Bonchev–Trinajstić information content (AvgIpc) is 2.81. The number of aryl methyl sites for hydroxylation is 1. The van der Waals surface area contributed by atoms with Gasteiger partial charge in [-0.05, 0) is 31.7 Å². The smallest absolute Gasteiger partial charge is 0.0945 e. The van der Waals surface area contributed by atoms with Crippen LogP contribution in [0.2, 0.25) is 0 Å². The monoisotopic (exact) mass is 261 g/mol. The summed E-state index contributed by atoms with van der Waals surface area (Å²) >= 11 is 1.84. The van der Waals surface area contributed by atoms with Gasteiger partial charge in [0.05, 0.1) is 6.33 Å². The standard InChI is InChI=1S/C14H19N3S/c1-11(15-2)12-4-6-14(7-5-12)18-9-13-8-16-10-17(13)3/h4-8,10-11,15H,9H2,1-3H3. The molecule has 0 amide bonds. The van der Waals surface area contributed by atoms with Gasteiger partial charge < -0.3 is 9.88 Å². The van der Waals surface area contributed by atoms with Crippen molar-refractivity contribution in [3.63, 3.8) is 0 Å². The molecule has 0 radical (unpaired) electrons. The van der Waals surface area contributed by atoms with E-state index in [4.69, 9.17) is 0 Å². The Bertz CT molecular complexity index is 490. The number of aromatic nitrogens is 2. The van der Waals surface area contributed by atoms with Gasteiger partial charge in [0.1, 0.15) is 0 Å². The molecular formula is C14H19N3S. The van der Waals surface area contributed by atoms with Gasteiger partial charge in [0, 0.05) is 35.6 Å². The van der Waals surface area contributed by atoms with E-state index in [0.717, 1.165) is 5.75 Å². The van der Waals surface area contributed by atoms with E-state index in [1.54, 1.807) is 0 Å². The zero-order valence-corrected chi connectivity index (χ0v) is 11.9. The maximum atomic E-state index is 4.12. The second-order valence-electron chi connectivity index (χ2n) is 4.36. The number of nitrogens with zero attached hydrogens (tertiary/aromatic N) is 2. The number of nitrogens with one attached hydrogen (secondary N) is 1. The van der Waals surface area contributed by atoms with E-state index in [2.05, 4.69) is 46.1 Å². The molecule has 1 aromatic carbocycles. The molecule has 2 aromatic rings. The molecule has 1 N–H and O–H groups in total. The van der Waals surface area contributed by atoms with Gasteiger partial charge in [-0.3, -0.25) is 0 Å². The molecule has 0 aliphatic rings. The van der Waals surface area contributed by atoms with Gasteiger partial charge in [0.25, 0.3) is 0 Å². The number of hydrogen-bond acceptors (Lipinski definition) is 3. The number of imidazole rings is 1. The zero-order chi connectivity index (χ0) is 13.0. The van der Waals surface area contributed by atoms with Crippen molar-refractivity contribution in [2.45, 2.75) is 23.6 Å². The molecule has 0 saturated carbocycles. The van der Waals surface area contributed by atoms with Crippen molar-refractivity contribution < 1.29 is 0 Å². The van der Waals surface area contributed by atoms with Crippen molar-refractivity contribution in [2.24, 2.45) is 7.05 Å². The van der Waals surface area contributed by atoms with Gasteiger partial charge in [-0.25, -0.2) is 4.98 Å². The van der Waals surface area contributed by atoms with E-state index in [1.807, 2.05) is 38.4 Å². The molecule has 2 rings (SSSR count). The van der Waals surface area contributed by atoms with Crippen LogP contribution in [0.5, 0.6) is 0 Å². The Balaban J connectivity index is 1.96. The Labute approximate surface area is 113 Å². The fraction of sp³-hybridized carbons (Fsp3) is 0.357. The van der Waals surface area contributed by atoms with Crippen LogP contribution in [0.4, 0.5) is 0 Å². The first kappa shape index (κ1) is 13.2. The lowest BCUT2D eigenvalue weighted by atomic mass is 10.1. The molecule has 1 unspecified atom stereocenters.